The van der Waals surface area contributed by atoms with Gasteiger partial charge in [0.25, 0.3) is 0 Å². The van der Waals surface area contributed by atoms with Crippen molar-refractivity contribution in [1.82, 2.24) is 9.38 Å². The Morgan fingerprint density at radius 3 is 2.64 bits per heavy atom. The van der Waals surface area contributed by atoms with Crippen LogP contribution in [0.25, 0.3) is 0 Å². The third-order valence-electron chi connectivity index (χ3n) is 6.04. The van der Waals surface area contributed by atoms with E-state index in [2.05, 4.69) is 24.8 Å². The summed E-state index contributed by atoms with van der Waals surface area (Å²) < 4.78 is 1.05. The van der Waals surface area contributed by atoms with E-state index in [1.54, 1.807) is 6.07 Å². The molecule has 2 aliphatic rings. The van der Waals surface area contributed by atoms with Gasteiger partial charge in [0, 0.05) is 24.9 Å². The Hall–Kier alpha value is -1.06. The van der Waals surface area contributed by atoms with E-state index in [9.17, 15) is 5.11 Å². The first-order chi connectivity index (χ1) is 10.6. The minimum Gasteiger partial charge on any atom is -0.508 e. The minimum atomic E-state index is 0.405. The standard InChI is InChI=1S/C19H30N2O/c1-16-8-12-21(15-17(16)2,13-11-20-9-3-4-10-20)18-6-5-7-19(22)14-18/h5-7,14,16-17H,3-4,8-13,15H2,1-2H3/p+1. The van der Waals surface area contributed by atoms with Crippen LogP contribution >= 0.6 is 0 Å². The highest BCUT2D eigenvalue weighted by Gasteiger charge is 2.39. The highest BCUT2D eigenvalue weighted by Crippen LogP contribution is 2.35. The molecule has 3 nitrogen and oxygen atoms in total. The Morgan fingerprint density at radius 1 is 1.18 bits per heavy atom. The van der Waals surface area contributed by atoms with Gasteiger partial charge in [0.1, 0.15) is 11.4 Å². The lowest BCUT2D eigenvalue weighted by atomic mass is 9.86. The van der Waals surface area contributed by atoms with Crippen LogP contribution in [0.15, 0.2) is 24.3 Å². The van der Waals surface area contributed by atoms with Crippen LogP contribution < -0.4 is 4.48 Å². The van der Waals surface area contributed by atoms with Gasteiger partial charge in [0.2, 0.25) is 0 Å². The average Bonchev–Trinajstić information content (AvgIpc) is 3.02. The van der Waals surface area contributed by atoms with Gasteiger partial charge in [-0.2, -0.15) is 0 Å². The lowest BCUT2D eigenvalue weighted by Gasteiger charge is -2.46. The van der Waals surface area contributed by atoms with Crippen molar-refractivity contribution in [2.75, 3.05) is 39.3 Å². The lowest BCUT2D eigenvalue weighted by Crippen LogP contribution is -2.59. The van der Waals surface area contributed by atoms with Gasteiger partial charge in [-0.25, -0.2) is 0 Å². The summed E-state index contributed by atoms with van der Waals surface area (Å²) >= 11 is 0. The summed E-state index contributed by atoms with van der Waals surface area (Å²) in [6.45, 7) is 12.1. The summed E-state index contributed by atoms with van der Waals surface area (Å²) in [5.41, 5.74) is 1.30. The molecule has 0 radical (unpaired) electrons. The van der Waals surface area contributed by atoms with E-state index in [0.29, 0.717) is 5.75 Å². The van der Waals surface area contributed by atoms with Crippen molar-refractivity contribution < 1.29 is 5.11 Å². The van der Waals surface area contributed by atoms with E-state index in [4.69, 9.17) is 0 Å². The second kappa shape index (κ2) is 6.59. The molecule has 0 amide bonds. The summed E-state index contributed by atoms with van der Waals surface area (Å²) in [5, 5.41) is 9.94. The molecule has 0 spiro atoms. The highest BCUT2D eigenvalue weighted by molar-refractivity contribution is 5.48. The molecule has 3 rings (SSSR count). The molecule has 2 fully saturated rings. The number of hydrogen-bond acceptors (Lipinski definition) is 2. The number of piperidine rings is 1. The number of nitrogens with zero attached hydrogens (tertiary/aromatic N) is 2. The predicted molar refractivity (Wildman–Crippen MR) is 93.1 cm³/mol. The van der Waals surface area contributed by atoms with E-state index in [1.165, 1.54) is 64.2 Å². The minimum absolute atomic E-state index is 0.405. The van der Waals surface area contributed by atoms with Crippen LogP contribution in [0.5, 0.6) is 5.75 Å². The van der Waals surface area contributed by atoms with Gasteiger partial charge in [-0.3, -0.25) is 9.38 Å². The quantitative estimate of drug-likeness (QED) is 0.861. The molecule has 0 aromatic heterocycles. The molecule has 2 saturated heterocycles. The first kappa shape index (κ1) is 15.8. The number of aromatic hydroxyl groups is 1. The fourth-order valence-corrected chi connectivity index (χ4v) is 4.25. The molecule has 0 aliphatic carbocycles. The van der Waals surface area contributed by atoms with Gasteiger partial charge >= 0.3 is 0 Å². The zero-order valence-corrected chi connectivity index (χ0v) is 14.2. The van der Waals surface area contributed by atoms with Crippen LogP contribution in [0.4, 0.5) is 5.69 Å². The van der Waals surface area contributed by atoms with Crippen molar-refractivity contribution in [3.63, 3.8) is 0 Å². The zero-order valence-electron chi connectivity index (χ0n) is 14.2. The van der Waals surface area contributed by atoms with Crippen molar-refractivity contribution in [1.29, 1.82) is 0 Å². The normalized spacial score (nSPS) is 33.2. The van der Waals surface area contributed by atoms with Crippen LogP contribution in [-0.2, 0) is 0 Å². The van der Waals surface area contributed by atoms with E-state index >= 15 is 0 Å². The fraction of sp³-hybridized carbons (Fsp3) is 0.684. The third kappa shape index (κ3) is 3.31. The van der Waals surface area contributed by atoms with Gasteiger partial charge in [-0.1, -0.05) is 19.9 Å². The van der Waals surface area contributed by atoms with Gasteiger partial charge < -0.3 is 5.11 Å². The van der Waals surface area contributed by atoms with Crippen LogP contribution in [0.3, 0.4) is 0 Å². The van der Waals surface area contributed by atoms with E-state index in [0.717, 1.165) is 16.3 Å². The second-order valence-electron chi connectivity index (χ2n) is 7.59. The van der Waals surface area contributed by atoms with Crippen LogP contribution in [0.2, 0.25) is 0 Å². The summed E-state index contributed by atoms with van der Waals surface area (Å²) in [6.07, 6.45) is 4.01. The molecule has 1 N–H and O–H groups in total. The lowest BCUT2D eigenvalue weighted by molar-refractivity contribution is 0.128. The van der Waals surface area contributed by atoms with Crippen molar-refractivity contribution in [2.45, 2.75) is 33.1 Å². The summed E-state index contributed by atoms with van der Waals surface area (Å²) in [6, 6.07) is 8.00. The zero-order chi connectivity index (χ0) is 15.6. The first-order valence-corrected chi connectivity index (χ1v) is 8.97. The summed E-state index contributed by atoms with van der Waals surface area (Å²) in [5.74, 6) is 1.97. The average molecular weight is 303 g/mol. The van der Waals surface area contributed by atoms with E-state index in [1.807, 2.05) is 12.1 Å². The Labute approximate surface area is 135 Å². The molecule has 0 bridgehead atoms. The summed E-state index contributed by atoms with van der Waals surface area (Å²) in [7, 11) is 0. The summed E-state index contributed by atoms with van der Waals surface area (Å²) in [4.78, 5) is 2.62. The molecule has 2 aliphatic heterocycles. The van der Waals surface area contributed by atoms with Crippen LogP contribution in [-0.4, -0.2) is 49.3 Å². The molecular weight excluding hydrogens is 272 g/mol. The smallest absolute Gasteiger partial charge is 0.136 e. The number of benzene rings is 1. The Bertz CT molecular complexity index is 498. The molecule has 3 unspecified atom stereocenters. The molecule has 1 aromatic carbocycles. The molecule has 1 aromatic rings. The SMILES string of the molecule is CC1CC[N+](CCN2CCCC2)(c2cccc(O)c2)CC1C. The largest absolute Gasteiger partial charge is 0.508 e. The monoisotopic (exact) mass is 303 g/mol. The van der Waals surface area contributed by atoms with Crippen molar-refractivity contribution in [2.24, 2.45) is 11.8 Å². The Morgan fingerprint density at radius 2 is 1.95 bits per heavy atom. The Kier molecular flexibility index (Phi) is 4.74. The van der Waals surface area contributed by atoms with Gasteiger partial charge in [-0.15, -0.1) is 0 Å². The molecule has 3 heteroatoms. The maximum Gasteiger partial charge on any atom is 0.136 e. The fourth-order valence-electron chi connectivity index (χ4n) is 4.25. The number of phenols is 1. The topological polar surface area (TPSA) is 23.5 Å². The van der Waals surface area contributed by atoms with E-state index < -0.39 is 0 Å². The number of rotatable bonds is 4. The number of hydrogen-bond donors (Lipinski definition) is 1. The molecular formula is C19H31N2O+. The highest BCUT2D eigenvalue weighted by atomic mass is 16.3. The molecule has 0 saturated carbocycles. The van der Waals surface area contributed by atoms with Crippen LogP contribution in [0, 0.1) is 11.8 Å². The number of quaternary nitrogens is 1. The maximum absolute atomic E-state index is 9.94. The van der Waals surface area contributed by atoms with E-state index in [-0.39, 0.29) is 0 Å². The number of phenolic OH excluding ortho intramolecular Hbond substituents is 1. The molecule has 3 atom stereocenters. The molecule has 22 heavy (non-hydrogen) atoms. The van der Waals surface area contributed by atoms with Crippen molar-refractivity contribution in [3.05, 3.63) is 24.3 Å². The van der Waals surface area contributed by atoms with Crippen molar-refractivity contribution >= 4 is 5.69 Å². The number of likely N-dealkylation sites (tertiary alicyclic amines) is 2. The Balaban J connectivity index is 1.81. The maximum atomic E-state index is 9.94. The van der Waals surface area contributed by atoms with Crippen LogP contribution in [0.1, 0.15) is 33.1 Å². The van der Waals surface area contributed by atoms with Gasteiger partial charge in [-0.05, 0) is 44.0 Å². The van der Waals surface area contributed by atoms with Gasteiger partial charge in [0.15, 0.2) is 0 Å². The predicted octanol–water partition coefficient (Wildman–Crippen LogP) is 3.47. The first-order valence-electron chi connectivity index (χ1n) is 8.97. The third-order valence-corrected chi connectivity index (χ3v) is 6.04. The molecule has 122 valence electrons. The van der Waals surface area contributed by atoms with Gasteiger partial charge in [0.05, 0.1) is 19.6 Å². The molecule has 2 heterocycles. The van der Waals surface area contributed by atoms with Crippen molar-refractivity contribution in [3.8, 4) is 5.75 Å². The second-order valence-corrected chi connectivity index (χ2v) is 7.59.